The Bertz CT molecular complexity index is 532. The minimum absolute atomic E-state index is 0.0118. The van der Waals surface area contributed by atoms with Gasteiger partial charge in [0, 0.05) is 18.3 Å². The van der Waals surface area contributed by atoms with Crippen molar-refractivity contribution >= 4 is 23.3 Å². The molecule has 0 spiro atoms. The number of hydrogen-bond donors (Lipinski definition) is 0. The maximum absolute atomic E-state index is 11.2. The van der Waals surface area contributed by atoms with E-state index in [1.807, 2.05) is 11.8 Å². The molecule has 0 bridgehead atoms. The summed E-state index contributed by atoms with van der Waals surface area (Å²) < 4.78 is 5.30. The van der Waals surface area contributed by atoms with Crippen molar-refractivity contribution in [3.8, 4) is 5.40 Å². The van der Waals surface area contributed by atoms with Crippen LogP contribution in [-0.2, 0) is 4.74 Å². The van der Waals surface area contributed by atoms with Crippen LogP contribution in [0.1, 0.15) is 6.92 Å². The predicted octanol–water partition coefficient (Wildman–Crippen LogP) is 1.18. The summed E-state index contributed by atoms with van der Waals surface area (Å²) >= 11 is 0.664. The lowest BCUT2D eigenvalue weighted by Gasteiger charge is -2.33. The summed E-state index contributed by atoms with van der Waals surface area (Å²) in [4.78, 5) is 20.3. The van der Waals surface area contributed by atoms with E-state index in [-0.39, 0.29) is 22.6 Å². The minimum Gasteiger partial charge on any atom is -0.377 e. The largest absolute Gasteiger partial charge is 0.377 e. The lowest BCUT2D eigenvalue weighted by Crippen LogP contribution is -2.44. The number of anilines is 1. The smallest absolute Gasteiger partial charge is 0.344 e. The Morgan fingerprint density at radius 3 is 3.11 bits per heavy atom. The Kier molecular flexibility index (Phi) is 4.13. The topological polar surface area (TPSA) is 105 Å². The third-order valence-corrected chi connectivity index (χ3v) is 3.32. The number of hydrogen-bond acceptors (Lipinski definition) is 8. The van der Waals surface area contributed by atoms with Gasteiger partial charge in [0.15, 0.2) is 5.03 Å². The van der Waals surface area contributed by atoms with Crippen LogP contribution < -0.4 is 4.90 Å². The highest BCUT2D eigenvalue weighted by molar-refractivity contribution is 8.03. The second-order valence-corrected chi connectivity index (χ2v) is 4.69. The number of morpholine rings is 1. The molecule has 19 heavy (non-hydrogen) atoms. The molecule has 0 amide bonds. The van der Waals surface area contributed by atoms with Crippen molar-refractivity contribution in [3.63, 3.8) is 0 Å². The van der Waals surface area contributed by atoms with Crippen LogP contribution in [0.5, 0.6) is 0 Å². The van der Waals surface area contributed by atoms with E-state index in [1.165, 1.54) is 6.33 Å². The van der Waals surface area contributed by atoms with E-state index < -0.39 is 4.92 Å². The number of nitrogens with zero attached hydrogens (tertiary/aromatic N) is 5. The summed E-state index contributed by atoms with van der Waals surface area (Å²) in [5, 5.41) is 21.8. The zero-order valence-corrected chi connectivity index (χ0v) is 11.0. The molecule has 2 rings (SSSR count). The van der Waals surface area contributed by atoms with Crippen LogP contribution in [0.3, 0.4) is 0 Å². The molecule has 0 unspecified atom stereocenters. The number of thiocyanates is 1. The quantitative estimate of drug-likeness (QED) is 0.267. The molecule has 1 fully saturated rings. The van der Waals surface area contributed by atoms with Gasteiger partial charge < -0.3 is 9.64 Å². The lowest BCUT2D eigenvalue weighted by molar-refractivity contribution is -0.387. The second-order valence-electron chi connectivity index (χ2n) is 3.92. The molecular weight excluding hydrogens is 270 g/mol. The van der Waals surface area contributed by atoms with Crippen molar-refractivity contribution in [1.82, 2.24) is 9.97 Å². The van der Waals surface area contributed by atoms with E-state index >= 15 is 0 Å². The maximum atomic E-state index is 11.2. The fourth-order valence-corrected chi connectivity index (χ4v) is 2.33. The Morgan fingerprint density at radius 2 is 2.47 bits per heavy atom. The molecule has 0 saturated carbocycles. The first-order valence-corrected chi connectivity index (χ1v) is 6.36. The van der Waals surface area contributed by atoms with Gasteiger partial charge in [-0.15, -0.1) is 0 Å². The number of thioether (sulfide) groups is 1. The molecule has 1 saturated heterocycles. The fourth-order valence-electron chi connectivity index (χ4n) is 1.88. The van der Waals surface area contributed by atoms with Gasteiger partial charge in [0.25, 0.3) is 0 Å². The molecule has 1 atom stereocenters. The van der Waals surface area contributed by atoms with Gasteiger partial charge >= 0.3 is 5.69 Å². The number of nitriles is 1. The summed E-state index contributed by atoms with van der Waals surface area (Å²) in [6.07, 6.45) is 1.24. The molecule has 1 aliphatic heterocycles. The number of rotatable bonds is 3. The van der Waals surface area contributed by atoms with Crippen molar-refractivity contribution in [2.45, 2.75) is 18.0 Å². The van der Waals surface area contributed by atoms with Crippen LogP contribution in [0, 0.1) is 20.8 Å². The van der Waals surface area contributed by atoms with Gasteiger partial charge in [0.05, 0.1) is 24.2 Å². The number of nitro groups is 1. The van der Waals surface area contributed by atoms with Crippen LogP contribution in [0.4, 0.5) is 11.5 Å². The van der Waals surface area contributed by atoms with Gasteiger partial charge in [0.2, 0.25) is 5.82 Å². The number of ether oxygens (including phenoxy) is 1. The standard InChI is InChI=1S/C10H11N5O3S/c1-7-4-18-3-2-14(7)9-8(15(16)17)10(19-5-11)13-6-12-9/h6-7H,2-4H2,1H3/t7-/m0/s1. The molecule has 1 aliphatic rings. The monoisotopic (exact) mass is 281 g/mol. The zero-order valence-electron chi connectivity index (χ0n) is 10.1. The Morgan fingerprint density at radius 1 is 1.68 bits per heavy atom. The summed E-state index contributed by atoms with van der Waals surface area (Å²) in [6, 6.07) is -0.0118. The molecule has 1 aromatic rings. The third-order valence-electron chi connectivity index (χ3n) is 2.73. The highest BCUT2D eigenvalue weighted by Crippen LogP contribution is 2.35. The number of aromatic nitrogens is 2. The van der Waals surface area contributed by atoms with Crippen LogP contribution >= 0.6 is 11.8 Å². The SMILES string of the molecule is C[C@H]1COCCN1c1ncnc(SC#N)c1[N+](=O)[O-]. The molecule has 0 aromatic carbocycles. The van der Waals surface area contributed by atoms with E-state index in [2.05, 4.69) is 9.97 Å². The molecule has 0 aliphatic carbocycles. The van der Waals surface area contributed by atoms with Crippen LogP contribution in [-0.4, -0.2) is 40.7 Å². The molecule has 2 heterocycles. The lowest BCUT2D eigenvalue weighted by atomic mass is 10.2. The van der Waals surface area contributed by atoms with Crippen molar-refractivity contribution in [1.29, 1.82) is 5.26 Å². The van der Waals surface area contributed by atoms with E-state index in [9.17, 15) is 10.1 Å². The molecule has 9 heteroatoms. The van der Waals surface area contributed by atoms with Gasteiger partial charge in [-0.3, -0.25) is 10.1 Å². The van der Waals surface area contributed by atoms with Crippen molar-refractivity contribution in [3.05, 3.63) is 16.4 Å². The first-order chi connectivity index (χ1) is 9.15. The molecule has 0 radical (unpaired) electrons. The zero-order chi connectivity index (χ0) is 13.8. The minimum atomic E-state index is -0.544. The average molecular weight is 281 g/mol. The highest BCUT2D eigenvalue weighted by Gasteiger charge is 2.31. The molecule has 8 nitrogen and oxygen atoms in total. The van der Waals surface area contributed by atoms with E-state index in [1.54, 1.807) is 5.40 Å². The first-order valence-electron chi connectivity index (χ1n) is 5.55. The van der Waals surface area contributed by atoms with Gasteiger partial charge in [0.1, 0.15) is 11.7 Å². The maximum Gasteiger partial charge on any atom is 0.344 e. The van der Waals surface area contributed by atoms with Gasteiger partial charge in [-0.05, 0) is 6.92 Å². The van der Waals surface area contributed by atoms with Crippen LogP contribution in [0.25, 0.3) is 0 Å². The Labute approximate surface area is 113 Å². The average Bonchev–Trinajstić information content (AvgIpc) is 2.39. The normalized spacial score (nSPS) is 18.9. The van der Waals surface area contributed by atoms with Crippen molar-refractivity contribution < 1.29 is 9.66 Å². The Hall–Kier alpha value is -1.92. The van der Waals surface area contributed by atoms with Gasteiger partial charge in [-0.1, -0.05) is 0 Å². The highest BCUT2D eigenvalue weighted by atomic mass is 32.2. The first kappa shape index (κ1) is 13.5. The Balaban J connectivity index is 2.47. The van der Waals surface area contributed by atoms with Gasteiger partial charge in [-0.25, -0.2) is 9.97 Å². The van der Waals surface area contributed by atoms with Crippen molar-refractivity contribution in [2.24, 2.45) is 0 Å². The molecule has 100 valence electrons. The summed E-state index contributed by atoms with van der Waals surface area (Å²) in [5.41, 5.74) is -0.220. The van der Waals surface area contributed by atoms with Crippen molar-refractivity contribution in [2.75, 3.05) is 24.7 Å². The summed E-state index contributed by atoms with van der Waals surface area (Å²) in [7, 11) is 0. The third kappa shape index (κ3) is 2.74. The van der Waals surface area contributed by atoms with Crippen LogP contribution in [0.15, 0.2) is 11.4 Å². The molecule has 1 aromatic heterocycles. The van der Waals surface area contributed by atoms with E-state index in [4.69, 9.17) is 10.00 Å². The fraction of sp³-hybridized carbons (Fsp3) is 0.500. The van der Waals surface area contributed by atoms with Gasteiger partial charge in [-0.2, -0.15) is 5.26 Å². The summed E-state index contributed by atoms with van der Waals surface area (Å²) in [6.45, 7) is 3.41. The second kappa shape index (κ2) is 5.81. The van der Waals surface area contributed by atoms with Crippen LogP contribution in [0.2, 0.25) is 0 Å². The summed E-state index contributed by atoms with van der Waals surface area (Å²) in [5.74, 6) is 0.244. The van der Waals surface area contributed by atoms with E-state index in [0.29, 0.717) is 31.5 Å². The molecule has 0 N–H and O–H groups in total. The van der Waals surface area contributed by atoms with E-state index in [0.717, 1.165) is 0 Å². The predicted molar refractivity (Wildman–Crippen MR) is 67.8 cm³/mol. The molecular formula is C10H11N5O3S.